The van der Waals surface area contributed by atoms with Gasteiger partial charge in [0.2, 0.25) is 0 Å². The molecule has 0 aromatic carbocycles. The third-order valence-electron chi connectivity index (χ3n) is 6.50. The zero-order chi connectivity index (χ0) is 23.1. The number of carbonyl (C=O) groups is 1. The SMILES string of the molecule is CNCc1nc(N(C)C(C)C)cc2c1CN(c1cccc(-c3cnn4c3CNCC4)n1)C2=O. The Kier molecular flexibility index (Phi) is 5.59. The van der Waals surface area contributed by atoms with E-state index in [1.165, 1.54) is 0 Å². The van der Waals surface area contributed by atoms with Crippen LogP contribution in [0.25, 0.3) is 11.3 Å². The molecule has 3 aromatic heterocycles. The van der Waals surface area contributed by atoms with E-state index in [2.05, 4.69) is 34.5 Å². The Labute approximate surface area is 193 Å². The van der Waals surface area contributed by atoms with Crippen LogP contribution in [0.2, 0.25) is 0 Å². The normalized spacial score (nSPS) is 15.2. The fourth-order valence-electron chi connectivity index (χ4n) is 4.42. The van der Waals surface area contributed by atoms with Crippen LogP contribution < -0.4 is 20.4 Å². The largest absolute Gasteiger partial charge is 0.357 e. The van der Waals surface area contributed by atoms with E-state index in [9.17, 15) is 4.79 Å². The predicted octanol–water partition coefficient (Wildman–Crippen LogP) is 2.17. The molecule has 0 aliphatic carbocycles. The van der Waals surface area contributed by atoms with Crippen molar-refractivity contribution < 1.29 is 4.79 Å². The number of rotatable bonds is 6. The van der Waals surface area contributed by atoms with E-state index in [0.717, 1.165) is 53.7 Å². The number of nitrogens with zero attached hydrogens (tertiary/aromatic N) is 6. The number of nitrogens with one attached hydrogen (secondary N) is 2. The maximum atomic E-state index is 13.5. The molecule has 9 heteroatoms. The van der Waals surface area contributed by atoms with E-state index in [1.54, 1.807) is 4.90 Å². The highest BCUT2D eigenvalue weighted by molar-refractivity contribution is 6.10. The van der Waals surface area contributed by atoms with Crippen molar-refractivity contribution in [3.05, 3.63) is 53.0 Å². The van der Waals surface area contributed by atoms with Crippen LogP contribution >= 0.6 is 0 Å². The third-order valence-corrected chi connectivity index (χ3v) is 6.50. The Hall–Kier alpha value is -3.30. The second kappa shape index (κ2) is 8.57. The number of pyridine rings is 2. The minimum Gasteiger partial charge on any atom is -0.357 e. The van der Waals surface area contributed by atoms with Gasteiger partial charge >= 0.3 is 0 Å². The summed E-state index contributed by atoms with van der Waals surface area (Å²) < 4.78 is 2.03. The molecule has 1 amide bonds. The molecule has 2 N–H and O–H groups in total. The Morgan fingerprint density at radius 1 is 1.24 bits per heavy atom. The molecule has 33 heavy (non-hydrogen) atoms. The van der Waals surface area contributed by atoms with E-state index in [0.29, 0.717) is 24.5 Å². The Morgan fingerprint density at radius 2 is 2.09 bits per heavy atom. The summed E-state index contributed by atoms with van der Waals surface area (Å²) in [6.07, 6.45) is 1.87. The number of fused-ring (bicyclic) bond motifs is 2. The first kappa shape index (κ1) is 21.5. The van der Waals surface area contributed by atoms with Gasteiger partial charge in [-0.15, -0.1) is 0 Å². The van der Waals surface area contributed by atoms with Crippen LogP contribution in [0, 0.1) is 0 Å². The Morgan fingerprint density at radius 3 is 2.88 bits per heavy atom. The third kappa shape index (κ3) is 3.77. The van der Waals surface area contributed by atoms with Gasteiger partial charge in [-0.3, -0.25) is 14.4 Å². The van der Waals surface area contributed by atoms with Crippen molar-refractivity contribution in [2.45, 2.75) is 46.1 Å². The Balaban J connectivity index is 1.51. The van der Waals surface area contributed by atoms with Gasteiger partial charge in [-0.2, -0.15) is 5.10 Å². The molecule has 5 rings (SSSR count). The number of amides is 1. The lowest BCUT2D eigenvalue weighted by molar-refractivity contribution is 0.0996. The monoisotopic (exact) mass is 446 g/mol. The van der Waals surface area contributed by atoms with Crippen molar-refractivity contribution in [1.29, 1.82) is 0 Å². The highest BCUT2D eigenvalue weighted by Gasteiger charge is 2.33. The van der Waals surface area contributed by atoms with Gasteiger partial charge in [0.25, 0.3) is 5.91 Å². The molecule has 9 nitrogen and oxygen atoms in total. The molecular weight excluding hydrogens is 416 g/mol. The smallest absolute Gasteiger partial charge is 0.260 e. The van der Waals surface area contributed by atoms with Crippen molar-refractivity contribution in [2.75, 3.05) is 30.4 Å². The summed E-state index contributed by atoms with van der Waals surface area (Å²) >= 11 is 0. The van der Waals surface area contributed by atoms with Crippen LogP contribution in [-0.4, -0.2) is 52.3 Å². The maximum absolute atomic E-state index is 13.5. The lowest BCUT2D eigenvalue weighted by atomic mass is 10.1. The van der Waals surface area contributed by atoms with Gasteiger partial charge in [-0.25, -0.2) is 9.97 Å². The van der Waals surface area contributed by atoms with Gasteiger partial charge in [0.15, 0.2) is 0 Å². The zero-order valence-corrected chi connectivity index (χ0v) is 19.6. The van der Waals surface area contributed by atoms with Gasteiger partial charge in [0.05, 0.1) is 41.9 Å². The molecule has 0 saturated heterocycles. The van der Waals surface area contributed by atoms with Crippen molar-refractivity contribution >= 4 is 17.5 Å². The van der Waals surface area contributed by atoms with Crippen molar-refractivity contribution in [3.8, 4) is 11.3 Å². The number of anilines is 2. The maximum Gasteiger partial charge on any atom is 0.260 e. The first-order valence-corrected chi connectivity index (χ1v) is 11.4. The van der Waals surface area contributed by atoms with Crippen LogP contribution in [0.1, 0.15) is 41.2 Å². The molecule has 0 spiro atoms. The number of carbonyl (C=O) groups excluding carboxylic acids is 1. The molecule has 5 heterocycles. The van der Waals surface area contributed by atoms with Gasteiger partial charge in [0.1, 0.15) is 11.6 Å². The first-order chi connectivity index (χ1) is 16.0. The number of aromatic nitrogens is 4. The highest BCUT2D eigenvalue weighted by atomic mass is 16.2. The summed E-state index contributed by atoms with van der Waals surface area (Å²) in [5.74, 6) is 1.42. The summed E-state index contributed by atoms with van der Waals surface area (Å²) in [4.78, 5) is 27.1. The average Bonchev–Trinajstić information content (AvgIpc) is 3.40. The standard InChI is InChI=1S/C24H30N8O/c1-15(2)30(4)23-10-16-18(20(29-23)12-25-3)14-31(24(16)33)22-7-5-6-19(28-22)17-11-27-32-9-8-26-13-21(17)32/h5-7,10-11,15,25-26H,8-9,12-14H2,1-4H3. The zero-order valence-electron chi connectivity index (χ0n) is 19.6. The molecular formula is C24H30N8O. The van der Waals surface area contributed by atoms with Gasteiger partial charge in [0, 0.05) is 43.9 Å². The van der Waals surface area contributed by atoms with Crippen LogP contribution in [0.3, 0.4) is 0 Å². The molecule has 0 fully saturated rings. The van der Waals surface area contributed by atoms with E-state index in [1.807, 2.05) is 49.2 Å². The minimum absolute atomic E-state index is 0.0356. The molecule has 0 bridgehead atoms. The second-order valence-electron chi connectivity index (χ2n) is 8.87. The lowest BCUT2D eigenvalue weighted by Crippen LogP contribution is -2.28. The second-order valence-corrected chi connectivity index (χ2v) is 8.87. The van der Waals surface area contributed by atoms with Crippen molar-refractivity contribution in [3.63, 3.8) is 0 Å². The molecule has 0 radical (unpaired) electrons. The van der Waals surface area contributed by atoms with Gasteiger partial charge < -0.3 is 15.5 Å². The molecule has 0 saturated carbocycles. The fourth-order valence-corrected chi connectivity index (χ4v) is 4.42. The van der Waals surface area contributed by atoms with Crippen LogP contribution in [0.5, 0.6) is 0 Å². The first-order valence-electron chi connectivity index (χ1n) is 11.4. The van der Waals surface area contributed by atoms with E-state index in [4.69, 9.17) is 9.97 Å². The molecule has 2 aliphatic rings. The summed E-state index contributed by atoms with van der Waals surface area (Å²) in [5.41, 5.74) is 5.54. The van der Waals surface area contributed by atoms with Crippen molar-refractivity contribution in [1.82, 2.24) is 30.4 Å². The lowest BCUT2D eigenvalue weighted by Gasteiger charge is -2.24. The van der Waals surface area contributed by atoms with Crippen molar-refractivity contribution in [2.24, 2.45) is 0 Å². The number of hydrogen-bond donors (Lipinski definition) is 2. The molecule has 0 unspecified atom stereocenters. The van der Waals surface area contributed by atoms with Crippen LogP contribution in [0.4, 0.5) is 11.6 Å². The highest BCUT2D eigenvalue weighted by Crippen LogP contribution is 2.33. The molecule has 2 aliphatic heterocycles. The predicted molar refractivity (Wildman–Crippen MR) is 128 cm³/mol. The minimum atomic E-state index is -0.0356. The summed E-state index contributed by atoms with van der Waals surface area (Å²) in [6, 6.07) is 8.03. The summed E-state index contributed by atoms with van der Waals surface area (Å²) in [5, 5.41) is 11.1. The van der Waals surface area contributed by atoms with E-state index < -0.39 is 0 Å². The van der Waals surface area contributed by atoms with E-state index in [-0.39, 0.29) is 11.9 Å². The quantitative estimate of drug-likeness (QED) is 0.600. The molecule has 0 atom stereocenters. The fraction of sp³-hybridized carbons (Fsp3) is 0.417. The van der Waals surface area contributed by atoms with Crippen LogP contribution in [-0.2, 0) is 26.2 Å². The average molecular weight is 447 g/mol. The molecule has 172 valence electrons. The summed E-state index contributed by atoms with van der Waals surface area (Å²) in [7, 11) is 3.90. The van der Waals surface area contributed by atoms with Crippen LogP contribution in [0.15, 0.2) is 30.5 Å². The Bertz CT molecular complexity index is 1200. The topological polar surface area (TPSA) is 91.2 Å². The van der Waals surface area contributed by atoms with E-state index >= 15 is 0 Å². The summed E-state index contributed by atoms with van der Waals surface area (Å²) in [6.45, 7) is 7.82. The number of hydrogen-bond acceptors (Lipinski definition) is 7. The van der Waals surface area contributed by atoms with Gasteiger partial charge in [-0.05, 0) is 39.1 Å². The molecule has 3 aromatic rings. The van der Waals surface area contributed by atoms with Gasteiger partial charge in [-0.1, -0.05) is 6.07 Å².